The van der Waals surface area contributed by atoms with E-state index in [9.17, 15) is 0 Å². The molecule has 1 aliphatic rings. The van der Waals surface area contributed by atoms with Gasteiger partial charge in [0.2, 0.25) is 5.13 Å². The Balaban J connectivity index is 1.64. The van der Waals surface area contributed by atoms with Crippen molar-refractivity contribution in [3.63, 3.8) is 0 Å². The Morgan fingerprint density at radius 1 is 1.29 bits per heavy atom. The minimum absolute atomic E-state index is 0.307. The van der Waals surface area contributed by atoms with E-state index in [1.165, 1.54) is 16.9 Å². The highest BCUT2D eigenvalue weighted by molar-refractivity contribution is 7.15. The summed E-state index contributed by atoms with van der Waals surface area (Å²) in [6.07, 6.45) is 0.937. The highest BCUT2D eigenvalue weighted by atomic mass is 32.1. The van der Waals surface area contributed by atoms with Crippen molar-refractivity contribution < 1.29 is 0 Å². The van der Waals surface area contributed by atoms with Crippen LogP contribution in [0.5, 0.6) is 0 Å². The van der Waals surface area contributed by atoms with Gasteiger partial charge in [-0.15, -0.1) is 10.2 Å². The van der Waals surface area contributed by atoms with Crippen LogP contribution < -0.4 is 5.73 Å². The Kier molecular flexibility index (Phi) is 3.95. The zero-order chi connectivity index (χ0) is 14.9. The molecule has 0 radical (unpaired) electrons. The predicted molar refractivity (Wildman–Crippen MR) is 87.4 cm³/mol. The van der Waals surface area contributed by atoms with Gasteiger partial charge < -0.3 is 10.6 Å². The molecule has 2 heterocycles. The largest absolute Gasteiger partial charge is 0.374 e. The van der Waals surface area contributed by atoms with Gasteiger partial charge in [0.1, 0.15) is 5.01 Å². The number of anilines is 1. The fourth-order valence-corrected chi connectivity index (χ4v) is 3.89. The molecular formula is C16H22N4S. The van der Waals surface area contributed by atoms with Crippen LogP contribution in [0.2, 0.25) is 0 Å². The van der Waals surface area contributed by atoms with Gasteiger partial charge in [0.05, 0.1) is 0 Å². The van der Waals surface area contributed by atoms with Crippen molar-refractivity contribution in [2.24, 2.45) is 5.41 Å². The van der Waals surface area contributed by atoms with Crippen LogP contribution in [0.15, 0.2) is 30.3 Å². The van der Waals surface area contributed by atoms with Crippen molar-refractivity contribution in [1.29, 1.82) is 0 Å². The fourth-order valence-electron chi connectivity index (χ4n) is 3.29. The molecule has 0 bridgehead atoms. The van der Waals surface area contributed by atoms with Crippen molar-refractivity contribution >= 4 is 16.5 Å². The summed E-state index contributed by atoms with van der Waals surface area (Å²) in [6, 6.07) is 10.9. The zero-order valence-electron chi connectivity index (χ0n) is 12.6. The van der Waals surface area contributed by atoms with Crippen LogP contribution in [-0.2, 0) is 6.42 Å². The maximum Gasteiger partial charge on any atom is 0.203 e. The van der Waals surface area contributed by atoms with Gasteiger partial charge in [-0.2, -0.15) is 0 Å². The topological polar surface area (TPSA) is 55.0 Å². The fraction of sp³-hybridized carbons (Fsp3) is 0.500. The number of benzene rings is 1. The van der Waals surface area contributed by atoms with E-state index in [2.05, 4.69) is 59.3 Å². The zero-order valence-corrected chi connectivity index (χ0v) is 13.4. The average molecular weight is 302 g/mol. The summed E-state index contributed by atoms with van der Waals surface area (Å²) in [7, 11) is 0. The number of likely N-dealkylation sites (tertiary alicyclic amines) is 1. The molecule has 1 aliphatic heterocycles. The minimum atomic E-state index is 0.307. The quantitative estimate of drug-likeness (QED) is 0.943. The molecule has 2 aromatic rings. The summed E-state index contributed by atoms with van der Waals surface area (Å²) in [5.41, 5.74) is 7.39. The van der Waals surface area contributed by atoms with Crippen LogP contribution >= 0.6 is 11.3 Å². The maximum absolute atomic E-state index is 5.63. The van der Waals surface area contributed by atoms with Crippen molar-refractivity contribution in [1.82, 2.24) is 15.1 Å². The number of nitrogen functional groups attached to an aromatic ring is 1. The number of aromatic nitrogens is 2. The molecule has 0 spiro atoms. The van der Waals surface area contributed by atoms with Crippen LogP contribution in [0.1, 0.15) is 30.3 Å². The van der Waals surface area contributed by atoms with Gasteiger partial charge in [-0.3, -0.25) is 0 Å². The Morgan fingerprint density at radius 2 is 2.05 bits per heavy atom. The molecule has 1 atom stereocenters. The lowest BCUT2D eigenvalue weighted by Gasteiger charge is -2.26. The first-order valence-corrected chi connectivity index (χ1v) is 8.21. The first-order valence-electron chi connectivity index (χ1n) is 7.40. The molecule has 21 heavy (non-hydrogen) atoms. The van der Waals surface area contributed by atoms with Crippen LogP contribution in [0.3, 0.4) is 0 Å². The molecule has 0 amide bonds. The van der Waals surface area contributed by atoms with Gasteiger partial charge in [0, 0.05) is 32.0 Å². The van der Waals surface area contributed by atoms with Gasteiger partial charge in [-0.1, -0.05) is 55.5 Å². The van der Waals surface area contributed by atoms with Gasteiger partial charge in [0.25, 0.3) is 0 Å². The number of hydrogen-bond acceptors (Lipinski definition) is 5. The van der Waals surface area contributed by atoms with E-state index in [1.807, 2.05) is 0 Å². The highest BCUT2D eigenvalue weighted by Gasteiger charge is 2.39. The normalized spacial score (nSPS) is 21.7. The Labute approximate surface area is 130 Å². The molecule has 3 rings (SSSR count). The molecule has 1 aromatic carbocycles. The third kappa shape index (κ3) is 3.24. The molecular weight excluding hydrogens is 280 g/mol. The first-order chi connectivity index (χ1) is 10.0. The van der Waals surface area contributed by atoms with Crippen LogP contribution in [-0.4, -0.2) is 34.7 Å². The highest BCUT2D eigenvalue weighted by Crippen LogP contribution is 2.42. The third-order valence-corrected chi connectivity index (χ3v) is 5.15. The standard InChI is InChI=1S/C16H22N4S/c1-16(2)11-20(9-8-14-18-19-15(17)21-14)10-13(16)12-6-4-3-5-7-12/h3-7,13H,8-11H2,1-2H3,(H2,17,19). The van der Waals surface area contributed by atoms with E-state index < -0.39 is 0 Å². The summed E-state index contributed by atoms with van der Waals surface area (Å²) >= 11 is 1.50. The molecule has 1 aromatic heterocycles. The summed E-state index contributed by atoms with van der Waals surface area (Å²) in [4.78, 5) is 2.54. The lowest BCUT2D eigenvalue weighted by atomic mass is 9.78. The number of hydrogen-bond donors (Lipinski definition) is 1. The minimum Gasteiger partial charge on any atom is -0.374 e. The van der Waals surface area contributed by atoms with Crippen LogP contribution in [0, 0.1) is 5.41 Å². The van der Waals surface area contributed by atoms with Gasteiger partial charge in [-0.05, 0) is 11.0 Å². The average Bonchev–Trinajstić information content (AvgIpc) is 3.00. The number of nitrogens with zero attached hydrogens (tertiary/aromatic N) is 3. The van der Waals surface area contributed by atoms with Gasteiger partial charge in [-0.25, -0.2) is 0 Å². The summed E-state index contributed by atoms with van der Waals surface area (Å²) in [6.45, 7) is 8.01. The van der Waals surface area contributed by atoms with Gasteiger partial charge >= 0.3 is 0 Å². The second-order valence-electron chi connectivity index (χ2n) is 6.47. The molecule has 1 saturated heterocycles. The first kappa shape index (κ1) is 14.5. The third-order valence-electron chi connectivity index (χ3n) is 4.34. The monoisotopic (exact) mass is 302 g/mol. The van der Waals surface area contributed by atoms with E-state index in [1.54, 1.807) is 0 Å². The summed E-state index contributed by atoms with van der Waals surface area (Å²) in [5.74, 6) is 0.596. The van der Waals surface area contributed by atoms with Crippen LogP contribution in [0.25, 0.3) is 0 Å². The Bertz CT molecular complexity index is 593. The SMILES string of the molecule is CC1(C)CN(CCc2nnc(N)s2)CC1c1ccccc1. The van der Waals surface area contributed by atoms with E-state index in [4.69, 9.17) is 5.73 Å². The second kappa shape index (κ2) is 5.73. The smallest absolute Gasteiger partial charge is 0.203 e. The van der Waals surface area contributed by atoms with E-state index >= 15 is 0 Å². The Morgan fingerprint density at radius 3 is 2.71 bits per heavy atom. The lowest BCUT2D eigenvalue weighted by molar-refractivity contribution is 0.290. The molecule has 2 N–H and O–H groups in total. The maximum atomic E-state index is 5.63. The molecule has 4 nitrogen and oxygen atoms in total. The van der Waals surface area contributed by atoms with Gasteiger partial charge in [0.15, 0.2) is 0 Å². The Hall–Kier alpha value is -1.46. The number of rotatable bonds is 4. The van der Waals surface area contributed by atoms with E-state index in [0.29, 0.717) is 16.5 Å². The van der Waals surface area contributed by atoms with Crippen molar-refractivity contribution in [3.05, 3.63) is 40.9 Å². The predicted octanol–water partition coefficient (Wildman–Crippen LogP) is 2.79. The van der Waals surface area contributed by atoms with E-state index in [0.717, 1.165) is 31.1 Å². The molecule has 5 heteroatoms. The van der Waals surface area contributed by atoms with Crippen LogP contribution in [0.4, 0.5) is 5.13 Å². The molecule has 112 valence electrons. The molecule has 1 unspecified atom stereocenters. The summed E-state index contributed by atoms with van der Waals surface area (Å²) in [5, 5.41) is 9.59. The lowest BCUT2D eigenvalue weighted by Crippen LogP contribution is -2.25. The second-order valence-corrected chi connectivity index (χ2v) is 7.56. The van der Waals surface area contributed by atoms with Crippen molar-refractivity contribution in [3.8, 4) is 0 Å². The van der Waals surface area contributed by atoms with Crippen molar-refractivity contribution in [2.75, 3.05) is 25.4 Å². The molecule has 0 aliphatic carbocycles. The van der Waals surface area contributed by atoms with Crippen molar-refractivity contribution in [2.45, 2.75) is 26.2 Å². The van der Waals surface area contributed by atoms with E-state index in [-0.39, 0.29) is 0 Å². The summed E-state index contributed by atoms with van der Waals surface area (Å²) < 4.78 is 0. The molecule has 1 fully saturated rings. The molecule has 0 saturated carbocycles. The number of nitrogens with two attached hydrogens (primary N) is 1.